The SMILES string of the molecule is CNCC1(CN(CC(F)(F)F)C2CC2)CCCC(C)C1. The molecule has 118 valence electrons. The first-order valence-corrected chi connectivity index (χ1v) is 7.79. The Labute approximate surface area is 120 Å². The van der Waals surface area contributed by atoms with Crippen molar-refractivity contribution in [3.05, 3.63) is 0 Å². The van der Waals surface area contributed by atoms with Gasteiger partial charge < -0.3 is 5.32 Å². The van der Waals surface area contributed by atoms with Crippen molar-refractivity contribution in [1.29, 1.82) is 0 Å². The Balaban J connectivity index is 2.04. The second kappa shape index (κ2) is 6.22. The molecule has 0 heterocycles. The lowest BCUT2D eigenvalue weighted by atomic mass is 9.69. The van der Waals surface area contributed by atoms with Gasteiger partial charge in [-0.25, -0.2) is 0 Å². The van der Waals surface area contributed by atoms with Crippen molar-refractivity contribution in [3.8, 4) is 0 Å². The van der Waals surface area contributed by atoms with E-state index in [2.05, 4.69) is 12.2 Å². The number of hydrogen-bond acceptors (Lipinski definition) is 2. The normalized spacial score (nSPS) is 31.8. The summed E-state index contributed by atoms with van der Waals surface area (Å²) < 4.78 is 38.3. The van der Waals surface area contributed by atoms with Crippen molar-refractivity contribution < 1.29 is 13.2 Å². The van der Waals surface area contributed by atoms with Crippen LogP contribution in [0, 0.1) is 11.3 Å². The van der Waals surface area contributed by atoms with Gasteiger partial charge in [0.1, 0.15) is 0 Å². The van der Waals surface area contributed by atoms with Gasteiger partial charge in [-0.1, -0.05) is 19.8 Å². The highest BCUT2D eigenvalue weighted by atomic mass is 19.4. The van der Waals surface area contributed by atoms with Crippen LogP contribution in [0.15, 0.2) is 0 Å². The van der Waals surface area contributed by atoms with Crippen LogP contribution in [-0.4, -0.2) is 43.8 Å². The van der Waals surface area contributed by atoms with Gasteiger partial charge in [0.05, 0.1) is 6.54 Å². The Hall–Kier alpha value is -0.290. The van der Waals surface area contributed by atoms with Gasteiger partial charge in [-0.2, -0.15) is 13.2 Å². The zero-order chi connectivity index (χ0) is 14.8. The minimum atomic E-state index is -4.08. The van der Waals surface area contributed by atoms with Gasteiger partial charge in [-0.15, -0.1) is 0 Å². The fourth-order valence-electron chi connectivity index (χ4n) is 3.92. The minimum Gasteiger partial charge on any atom is -0.319 e. The lowest BCUT2D eigenvalue weighted by Gasteiger charge is -2.43. The maximum Gasteiger partial charge on any atom is 0.401 e. The Kier molecular flexibility index (Phi) is 5.00. The van der Waals surface area contributed by atoms with Crippen LogP contribution in [0.1, 0.15) is 45.4 Å². The zero-order valence-electron chi connectivity index (χ0n) is 12.6. The predicted octanol–water partition coefficient (Wildman–Crippen LogP) is 3.43. The smallest absolute Gasteiger partial charge is 0.319 e. The average molecular weight is 292 g/mol. The molecule has 0 aromatic rings. The number of alkyl halides is 3. The molecular formula is C15H27F3N2. The van der Waals surface area contributed by atoms with Crippen molar-refractivity contribution in [3.63, 3.8) is 0 Å². The average Bonchev–Trinajstić information content (AvgIpc) is 3.09. The summed E-state index contributed by atoms with van der Waals surface area (Å²) in [4.78, 5) is 1.70. The monoisotopic (exact) mass is 292 g/mol. The largest absolute Gasteiger partial charge is 0.401 e. The molecule has 0 radical (unpaired) electrons. The van der Waals surface area contributed by atoms with Crippen LogP contribution in [0.25, 0.3) is 0 Å². The van der Waals surface area contributed by atoms with Gasteiger partial charge in [-0.05, 0) is 44.1 Å². The molecule has 2 fully saturated rings. The summed E-state index contributed by atoms with van der Waals surface area (Å²) in [6, 6.07) is 0.169. The summed E-state index contributed by atoms with van der Waals surface area (Å²) in [5.41, 5.74) is 0.0280. The maximum absolute atomic E-state index is 12.8. The fraction of sp³-hybridized carbons (Fsp3) is 1.00. The molecule has 2 atom stereocenters. The topological polar surface area (TPSA) is 15.3 Å². The van der Waals surface area contributed by atoms with Gasteiger partial charge in [0.2, 0.25) is 0 Å². The molecule has 2 saturated carbocycles. The molecule has 0 amide bonds. The van der Waals surface area contributed by atoms with Crippen LogP contribution in [0.3, 0.4) is 0 Å². The van der Waals surface area contributed by atoms with Gasteiger partial charge in [0.25, 0.3) is 0 Å². The summed E-state index contributed by atoms with van der Waals surface area (Å²) in [5.74, 6) is 0.629. The van der Waals surface area contributed by atoms with E-state index in [0.717, 1.165) is 38.6 Å². The predicted molar refractivity (Wildman–Crippen MR) is 74.6 cm³/mol. The summed E-state index contributed by atoms with van der Waals surface area (Å²) in [5, 5.41) is 3.22. The molecule has 2 nitrogen and oxygen atoms in total. The molecular weight excluding hydrogens is 265 g/mol. The molecule has 2 unspecified atom stereocenters. The van der Waals surface area contributed by atoms with Crippen LogP contribution < -0.4 is 5.32 Å². The molecule has 2 aliphatic carbocycles. The van der Waals surface area contributed by atoms with Crippen molar-refractivity contribution in [2.45, 2.75) is 57.7 Å². The first-order valence-electron chi connectivity index (χ1n) is 7.79. The van der Waals surface area contributed by atoms with E-state index in [1.807, 2.05) is 7.05 Å². The second-order valence-corrected chi connectivity index (χ2v) is 6.98. The Bertz CT molecular complexity index is 311. The highest BCUT2D eigenvalue weighted by Crippen LogP contribution is 2.42. The molecule has 0 aromatic carbocycles. The number of hydrogen-bond donors (Lipinski definition) is 1. The minimum absolute atomic E-state index is 0.0280. The molecule has 2 rings (SSSR count). The van der Waals surface area contributed by atoms with Crippen molar-refractivity contribution in [2.75, 3.05) is 26.7 Å². The van der Waals surface area contributed by atoms with E-state index in [-0.39, 0.29) is 11.5 Å². The Morgan fingerprint density at radius 3 is 2.45 bits per heavy atom. The third kappa shape index (κ3) is 4.62. The molecule has 0 spiro atoms. The lowest BCUT2D eigenvalue weighted by molar-refractivity contribution is -0.151. The van der Waals surface area contributed by atoms with E-state index >= 15 is 0 Å². The van der Waals surface area contributed by atoms with E-state index in [1.165, 1.54) is 6.42 Å². The van der Waals surface area contributed by atoms with E-state index in [0.29, 0.717) is 12.5 Å². The van der Waals surface area contributed by atoms with Crippen molar-refractivity contribution in [1.82, 2.24) is 10.2 Å². The number of nitrogens with one attached hydrogen (secondary N) is 1. The molecule has 2 aliphatic rings. The maximum atomic E-state index is 12.8. The lowest BCUT2D eigenvalue weighted by Crippen LogP contribution is -2.49. The van der Waals surface area contributed by atoms with Gasteiger partial charge in [0.15, 0.2) is 0 Å². The molecule has 0 aliphatic heterocycles. The second-order valence-electron chi connectivity index (χ2n) is 6.98. The summed E-state index contributed by atoms with van der Waals surface area (Å²) in [7, 11) is 1.91. The van der Waals surface area contributed by atoms with E-state index in [4.69, 9.17) is 0 Å². The van der Waals surface area contributed by atoms with Gasteiger partial charge >= 0.3 is 6.18 Å². The molecule has 0 aromatic heterocycles. The first-order chi connectivity index (χ1) is 9.34. The van der Waals surface area contributed by atoms with E-state index < -0.39 is 12.7 Å². The number of nitrogens with zero attached hydrogens (tertiary/aromatic N) is 1. The van der Waals surface area contributed by atoms with E-state index in [9.17, 15) is 13.2 Å². The van der Waals surface area contributed by atoms with Crippen LogP contribution in [0.5, 0.6) is 0 Å². The number of halogens is 3. The molecule has 0 saturated heterocycles. The van der Waals surface area contributed by atoms with Gasteiger partial charge in [-0.3, -0.25) is 4.90 Å². The zero-order valence-corrected chi connectivity index (χ0v) is 12.6. The van der Waals surface area contributed by atoms with Crippen molar-refractivity contribution in [2.24, 2.45) is 11.3 Å². The highest BCUT2D eigenvalue weighted by Gasteiger charge is 2.43. The van der Waals surface area contributed by atoms with Gasteiger partial charge in [0, 0.05) is 19.1 Å². The first kappa shape index (κ1) is 16.1. The van der Waals surface area contributed by atoms with Crippen molar-refractivity contribution >= 4 is 0 Å². The molecule has 5 heteroatoms. The molecule has 20 heavy (non-hydrogen) atoms. The standard InChI is InChI=1S/C15H27F3N2/c1-12-4-3-7-14(8-12,9-19-2)10-20(13-5-6-13)11-15(16,17)18/h12-13,19H,3-11H2,1-2H3. The fourth-order valence-corrected chi connectivity index (χ4v) is 3.92. The highest BCUT2D eigenvalue weighted by molar-refractivity contribution is 4.94. The molecule has 1 N–H and O–H groups in total. The van der Waals surface area contributed by atoms with Crippen LogP contribution in [0.2, 0.25) is 0 Å². The Morgan fingerprint density at radius 1 is 1.25 bits per heavy atom. The third-order valence-electron chi connectivity index (χ3n) is 4.72. The van der Waals surface area contributed by atoms with Crippen LogP contribution >= 0.6 is 0 Å². The Morgan fingerprint density at radius 2 is 1.95 bits per heavy atom. The van der Waals surface area contributed by atoms with Crippen LogP contribution in [0.4, 0.5) is 13.2 Å². The molecule has 0 bridgehead atoms. The van der Waals surface area contributed by atoms with E-state index in [1.54, 1.807) is 4.90 Å². The summed E-state index contributed by atoms with van der Waals surface area (Å²) in [6.45, 7) is 2.92. The summed E-state index contributed by atoms with van der Waals surface area (Å²) in [6.07, 6.45) is 2.25. The third-order valence-corrected chi connectivity index (χ3v) is 4.72. The summed E-state index contributed by atoms with van der Waals surface area (Å²) >= 11 is 0. The van der Waals surface area contributed by atoms with Crippen LogP contribution in [-0.2, 0) is 0 Å². The number of rotatable bonds is 6. The quantitative estimate of drug-likeness (QED) is 0.807.